The first-order valence-electron chi connectivity index (χ1n) is 8.44. The monoisotopic (exact) mass is 289 g/mol. The molecule has 0 heterocycles. The summed E-state index contributed by atoms with van der Waals surface area (Å²) in [6, 6.07) is 0. The molecule has 2 nitrogen and oxygen atoms in total. The third-order valence-corrected chi connectivity index (χ3v) is 4.77. The lowest BCUT2D eigenvalue weighted by Gasteiger charge is -2.35. The Morgan fingerprint density at radius 3 is 2.52 bits per heavy atom. The van der Waals surface area contributed by atoms with Crippen LogP contribution >= 0.6 is 0 Å². The van der Waals surface area contributed by atoms with Crippen molar-refractivity contribution < 1.29 is 4.79 Å². The fourth-order valence-electron chi connectivity index (χ4n) is 3.17. The first-order chi connectivity index (χ1) is 9.79. The lowest BCUT2D eigenvalue weighted by Crippen LogP contribution is -2.46. The van der Waals surface area contributed by atoms with Crippen molar-refractivity contribution in [3.05, 3.63) is 23.8 Å². The molecule has 118 valence electrons. The number of nitrogens with zero attached hydrogens (tertiary/aromatic N) is 1. The van der Waals surface area contributed by atoms with E-state index in [1.807, 2.05) is 0 Å². The molecule has 0 aromatic heterocycles. The van der Waals surface area contributed by atoms with Crippen LogP contribution in [0.15, 0.2) is 23.8 Å². The maximum Gasteiger partial charge on any atom is 0.226 e. The minimum atomic E-state index is -0.0846. The Kier molecular flexibility index (Phi) is 4.95. The van der Waals surface area contributed by atoms with E-state index >= 15 is 0 Å². The van der Waals surface area contributed by atoms with Crippen LogP contribution in [0.2, 0.25) is 0 Å². The van der Waals surface area contributed by atoms with Gasteiger partial charge in [0.2, 0.25) is 5.91 Å². The standard InChI is InChI=1S/C19H31NO/c1-14-8-9-16(15(2)13-14)7-6-12-20(19(3,4)5)18(21)17-10-11-17/h6-7,13,15-17H,8-12H2,1-5H3. The highest BCUT2D eigenvalue weighted by Gasteiger charge is 2.37. The van der Waals surface area contributed by atoms with Gasteiger partial charge in [-0.2, -0.15) is 0 Å². The van der Waals surface area contributed by atoms with Crippen LogP contribution in [-0.2, 0) is 4.79 Å². The van der Waals surface area contributed by atoms with Crippen molar-refractivity contribution in [2.45, 2.75) is 65.8 Å². The van der Waals surface area contributed by atoms with Gasteiger partial charge in [-0.3, -0.25) is 4.79 Å². The van der Waals surface area contributed by atoms with Gasteiger partial charge >= 0.3 is 0 Å². The maximum atomic E-state index is 12.4. The summed E-state index contributed by atoms with van der Waals surface area (Å²) in [5.74, 6) is 1.90. The molecule has 0 radical (unpaired) electrons. The summed E-state index contributed by atoms with van der Waals surface area (Å²) < 4.78 is 0. The molecule has 2 heteroatoms. The second kappa shape index (κ2) is 6.37. The summed E-state index contributed by atoms with van der Waals surface area (Å²) in [6.45, 7) is 11.7. The van der Waals surface area contributed by atoms with E-state index in [0.717, 1.165) is 19.4 Å². The molecule has 0 aromatic carbocycles. The lowest BCUT2D eigenvalue weighted by atomic mass is 9.82. The van der Waals surface area contributed by atoms with Gasteiger partial charge in [-0.1, -0.05) is 30.7 Å². The van der Waals surface area contributed by atoms with Crippen LogP contribution in [0.5, 0.6) is 0 Å². The predicted octanol–water partition coefficient (Wildman–Crippen LogP) is 4.57. The highest BCUT2D eigenvalue weighted by Crippen LogP contribution is 2.33. The normalized spacial score (nSPS) is 26.8. The molecule has 2 aliphatic carbocycles. The smallest absolute Gasteiger partial charge is 0.226 e. The number of carbonyl (C=O) groups excluding carboxylic acids is 1. The lowest BCUT2D eigenvalue weighted by molar-refractivity contribution is -0.136. The molecular weight excluding hydrogens is 258 g/mol. The Bertz CT molecular complexity index is 437. The third kappa shape index (κ3) is 4.46. The van der Waals surface area contributed by atoms with Crippen molar-refractivity contribution in [3.63, 3.8) is 0 Å². The fourth-order valence-corrected chi connectivity index (χ4v) is 3.17. The molecule has 0 aromatic rings. The van der Waals surface area contributed by atoms with Gasteiger partial charge in [0.05, 0.1) is 0 Å². The summed E-state index contributed by atoms with van der Waals surface area (Å²) in [6.07, 6.45) is 11.6. The van der Waals surface area contributed by atoms with E-state index in [1.165, 1.54) is 18.4 Å². The molecule has 0 spiro atoms. The average Bonchev–Trinajstić information content (AvgIpc) is 3.18. The third-order valence-electron chi connectivity index (χ3n) is 4.77. The SMILES string of the molecule is CC1=CC(C)C(C=CCN(C(=O)C2CC2)C(C)(C)C)CC1. The minimum absolute atomic E-state index is 0.0846. The molecule has 1 fully saturated rings. The van der Waals surface area contributed by atoms with Crippen LogP contribution in [0.4, 0.5) is 0 Å². The van der Waals surface area contributed by atoms with Crippen LogP contribution in [0, 0.1) is 17.8 Å². The highest BCUT2D eigenvalue weighted by atomic mass is 16.2. The summed E-state index contributed by atoms with van der Waals surface area (Å²) in [7, 11) is 0. The molecule has 0 aliphatic heterocycles. The molecule has 2 aliphatic rings. The second-order valence-corrected chi connectivity index (χ2v) is 7.90. The van der Waals surface area contributed by atoms with Crippen molar-refractivity contribution in [1.82, 2.24) is 4.90 Å². The van der Waals surface area contributed by atoms with E-state index in [4.69, 9.17) is 0 Å². The first kappa shape index (κ1) is 16.3. The first-order valence-corrected chi connectivity index (χ1v) is 8.44. The van der Waals surface area contributed by atoms with Gasteiger partial charge in [-0.15, -0.1) is 0 Å². The Hall–Kier alpha value is -1.05. The zero-order valence-electron chi connectivity index (χ0n) is 14.4. The number of hydrogen-bond donors (Lipinski definition) is 0. The van der Waals surface area contributed by atoms with E-state index in [0.29, 0.717) is 23.7 Å². The van der Waals surface area contributed by atoms with E-state index in [9.17, 15) is 4.79 Å². The summed E-state index contributed by atoms with van der Waals surface area (Å²) in [5.41, 5.74) is 1.44. The molecule has 2 atom stereocenters. The molecule has 21 heavy (non-hydrogen) atoms. The minimum Gasteiger partial charge on any atom is -0.334 e. The molecular formula is C19H31NO. The molecule has 2 unspecified atom stereocenters. The zero-order chi connectivity index (χ0) is 15.6. The van der Waals surface area contributed by atoms with E-state index < -0.39 is 0 Å². The summed E-state index contributed by atoms with van der Waals surface area (Å²) in [4.78, 5) is 14.5. The van der Waals surface area contributed by atoms with Crippen molar-refractivity contribution in [3.8, 4) is 0 Å². The predicted molar refractivity (Wildman–Crippen MR) is 89.0 cm³/mol. The molecule has 0 N–H and O–H groups in total. The van der Waals surface area contributed by atoms with E-state index in [-0.39, 0.29) is 5.54 Å². The van der Waals surface area contributed by atoms with Gasteiger partial charge in [-0.05, 0) is 65.2 Å². The zero-order valence-corrected chi connectivity index (χ0v) is 14.4. The van der Waals surface area contributed by atoms with Gasteiger partial charge < -0.3 is 4.90 Å². The van der Waals surface area contributed by atoms with Gasteiger partial charge in [0.15, 0.2) is 0 Å². The average molecular weight is 289 g/mol. The van der Waals surface area contributed by atoms with Crippen molar-refractivity contribution in [2.75, 3.05) is 6.54 Å². The summed E-state index contributed by atoms with van der Waals surface area (Å²) in [5, 5.41) is 0. The van der Waals surface area contributed by atoms with Crippen LogP contribution < -0.4 is 0 Å². The number of amides is 1. The Morgan fingerprint density at radius 1 is 1.33 bits per heavy atom. The van der Waals surface area contributed by atoms with Gasteiger partial charge in [-0.25, -0.2) is 0 Å². The van der Waals surface area contributed by atoms with Gasteiger partial charge in [0, 0.05) is 18.0 Å². The number of allylic oxidation sites excluding steroid dienone is 3. The fraction of sp³-hybridized carbons (Fsp3) is 0.737. The van der Waals surface area contributed by atoms with Crippen LogP contribution in [0.3, 0.4) is 0 Å². The van der Waals surface area contributed by atoms with Crippen molar-refractivity contribution in [2.24, 2.45) is 17.8 Å². The molecule has 0 bridgehead atoms. The van der Waals surface area contributed by atoms with Crippen molar-refractivity contribution in [1.29, 1.82) is 0 Å². The van der Waals surface area contributed by atoms with Gasteiger partial charge in [0.1, 0.15) is 0 Å². The second-order valence-electron chi connectivity index (χ2n) is 7.90. The topological polar surface area (TPSA) is 20.3 Å². The van der Waals surface area contributed by atoms with Gasteiger partial charge in [0.25, 0.3) is 0 Å². The van der Waals surface area contributed by atoms with Crippen LogP contribution in [0.25, 0.3) is 0 Å². The molecule has 1 amide bonds. The van der Waals surface area contributed by atoms with E-state index in [2.05, 4.69) is 57.7 Å². The molecule has 2 rings (SSSR count). The number of carbonyl (C=O) groups is 1. The highest BCUT2D eigenvalue weighted by molar-refractivity contribution is 5.81. The van der Waals surface area contributed by atoms with Crippen LogP contribution in [-0.4, -0.2) is 22.9 Å². The number of hydrogen-bond acceptors (Lipinski definition) is 1. The largest absolute Gasteiger partial charge is 0.334 e. The Morgan fingerprint density at radius 2 is 2.00 bits per heavy atom. The Labute approximate surface area is 130 Å². The molecule has 1 saturated carbocycles. The van der Waals surface area contributed by atoms with E-state index in [1.54, 1.807) is 0 Å². The van der Waals surface area contributed by atoms with Crippen molar-refractivity contribution >= 4 is 5.91 Å². The number of rotatable bonds is 4. The maximum absolute atomic E-state index is 12.4. The quantitative estimate of drug-likeness (QED) is 0.694. The Balaban J connectivity index is 1.95. The van der Waals surface area contributed by atoms with Crippen LogP contribution in [0.1, 0.15) is 60.3 Å². The molecule has 0 saturated heterocycles. The summed E-state index contributed by atoms with van der Waals surface area (Å²) >= 11 is 0.